The molecule has 0 unspecified atom stereocenters. The summed E-state index contributed by atoms with van der Waals surface area (Å²) in [5.74, 6) is 1.39. The fourth-order valence-electron chi connectivity index (χ4n) is 1.43. The van der Waals surface area contributed by atoms with Crippen molar-refractivity contribution in [1.82, 2.24) is 5.32 Å². The van der Waals surface area contributed by atoms with Gasteiger partial charge in [-0.05, 0) is 19.1 Å². The van der Waals surface area contributed by atoms with Crippen molar-refractivity contribution in [3.8, 4) is 11.5 Å². The van der Waals surface area contributed by atoms with Crippen LogP contribution in [-0.4, -0.2) is 25.7 Å². The number of nitrogens with one attached hydrogen (secondary N) is 1. The first-order valence-corrected chi connectivity index (χ1v) is 6.41. The molecule has 0 aliphatic carbocycles. The van der Waals surface area contributed by atoms with Crippen LogP contribution in [0.5, 0.6) is 11.5 Å². The minimum atomic E-state index is -0.390. The minimum Gasteiger partial charge on any atom is -0.493 e. The van der Waals surface area contributed by atoms with Crippen LogP contribution in [-0.2, 0) is 4.79 Å². The lowest BCUT2D eigenvalue weighted by molar-refractivity contribution is -0.129. The number of carbonyl (C=O) groups excluding carboxylic acids is 1. The lowest BCUT2D eigenvalue weighted by Gasteiger charge is -2.22. The molecule has 0 aromatic heterocycles. The number of carbonyl (C=O) groups is 1. The predicted octanol–water partition coefficient (Wildman–Crippen LogP) is 2.62. The van der Waals surface area contributed by atoms with Crippen LogP contribution < -0.4 is 14.8 Å². The fraction of sp³-hybridized carbons (Fsp3) is 0.533. The molecule has 0 saturated carbocycles. The van der Waals surface area contributed by atoms with E-state index in [-0.39, 0.29) is 11.9 Å². The molecule has 0 bridgehead atoms. The maximum Gasteiger partial charge on any atom is 0.225 e. The van der Waals surface area contributed by atoms with Crippen LogP contribution in [0.25, 0.3) is 0 Å². The van der Waals surface area contributed by atoms with Gasteiger partial charge in [0.2, 0.25) is 5.91 Å². The van der Waals surface area contributed by atoms with Crippen LogP contribution in [0, 0.1) is 5.41 Å². The van der Waals surface area contributed by atoms with Crippen LogP contribution in [0.3, 0.4) is 0 Å². The Morgan fingerprint density at radius 1 is 1.26 bits per heavy atom. The van der Waals surface area contributed by atoms with Gasteiger partial charge in [0.05, 0.1) is 13.2 Å². The second-order valence-corrected chi connectivity index (χ2v) is 5.59. The number of para-hydroxylation sites is 2. The van der Waals surface area contributed by atoms with E-state index < -0.39 is 5.41 Å². The fourth-order valence-corrected chi connectivity index (χ4v) is 1.43. The molecular weight excluding hydrogens is 242 g/mol. The Morgan fingerprint density at radius 3 is 2.37 bits per heavy atom. The first-order valence-electron chi connectivity index (χ1n) is 6.41. The molecule has 1 aromatic rings. The molecule has 0 heterocycles. The smallest absolute Gasteiger partial charge is 0.225 e. The van der Waals surface area contributed by atoms with E-state index >= 15 is 0 Å². The number of hydrogen-bond donors (Lipinski definition) is 1. The van der Waals surface area contributed by atoms with Gasteiger partial charge in [0.25, 0.3) is 0 Å². The van der Waals surface area contributed by atoms with Crippen molar-refractivity contribution in [2.75, 3.05) is 13.7 Å². The van der Waals surface area contributed by atoms with Crippen molar-refractivity contribution in [3.63, 3.8) is 0 Å². The van der Waals surface area contributed by atoms with Crippen LogP contribution >= 0.6 is 0 Å². The van der Waals surface area contributed by atoms with E-state index in [2.05, 4.69) is 5.32 Å². The molecule has 0 aliphatic rings. The zero-order valence-electron chi connectivity index (χ0n) is 12.3. The van der Waals surface area contributed by atoms with Crippen molar-refractivity contribution < 1.29 is 14.3 Å². The molecule has 0 radical (unpaired) electrons. The first kappa shape index (κ1) is 15.3. The van der Waals surface area contributed by atoms with E-state index in [9.17, 15) is 4.79 Å². The van der Waals surface area contributed by atoms with E-state index in [0.29, 0.717) is 18.1 Å². The molecule has 0 fully saturated rings. The highest BCUT2D eigenvalue weighted by atomic mass is 16.5. The van der Waals surface area contributed by atoms with Gasteiger partial charge in [-0.25, -0.2) is 0 Å². The SMILES string of the molecule is COc1ccccc1OC[C@@H](C)NC(=O)C(C)(C)C. The van der Waals surface area contributed by atoms with Crippen molar-refractivity contribution >= 4 is 5.91 Å². The summed E-state index contributed by atoms with van der Waals surface area (Å²) in [7, 11) is 1.60. The van der Waals surface area contributed by atoms with Gasteiger partial charge in [0.15, 0.2) is 11.5 Å². The van der Waals surface area contributed by atoms with Crippen molar-refractivity contribution in [3.05, 3.63) is 24.3 Å². The van der Waals surface area contributed by atoms with Gasteiger partial charge >= 0.3 is 0 Å². The molecule has 1 aromatic carbocycles. The lowest BCUT2D eigenvalue weighted by atomic mass is 9.95. The number of hydrogen-bond acceptors (Lipinski definition) is 3. The van der Waals surface area contributed by atoms with Gasteiger partial charge in [-0.1, -0.05) is 32.9 Å². The number of benzene rings is 1. The van der Waals surface area contributed by atoms with Crippen molar-refractivity contribution in [2.45, 2.75) is 33.7 Å². The third-order valence-corrected chi connectivity index (χ3v) is 2.62. The standard InChI is InChI=1S/C15H23NO3/c1-11(16-14(17)15(2,3)4)10-19-13-9-7-6-8-12(13)18-5/h6-9,11H,10H2,1-5H3,(H,16,17)/t11-/m1/s1. The molecule has 4 nitrogen and oxygen atoms in total. The average molecular weight is 265 g/mol. The molecule has 0 saturated heterocycles. The highest BCUT2D eigenvalue weighted by Gasteiger charge is 2.22. The Morgan fingerprint density at radius 2 is 1.84 bits per heavy atom. The number of amides is 1. The molecule has 0 aliphatic heterocycles. The summed E-state index contributed by atoms with van der Waals surface area (Å²) < 4.78 is 10.9. The molecule has 1 rings (SSSR count). The summed E-state index contributed by atoms with van der Waals surface area (Å²) >= 11 is 0. The Labute approximate surface area is 115 Å². The molecule has 1 amide bonds. The maximum absolute atomic E-state index is 11.8. The van der Waals surface area contributed by atoms with E-state index in [1.807, 2.05) is 52.0 Å². The summed E-state index contributed by atoms with van der Waals surface area (Å²) in [6, 6.07) is 7.40. The quantitative estimate of drug-likeness (QED) is 0.890. The number of methoxy groups -OCH3 is 1. The molecule has 106 valence electrons. The molecule has 19 heavy (non-hydrogen) atoms. The Kier molecular flexibility index (Phi) is 5.21. The van der Waals surface area contributed by atoms with Crippen LogP contribution in [0.4, 0.5) is 0 Å². The van der Waals surface area contributed by atoms with E-state index in [1.165, 1.54) is 0 Å². The summed E-state index contributed by atoms with van der Waals surface area (Å²) in [6.07, 6.45) is 0. The zero-order valence-corrected chi connectivity index (χ0v) is 12.3. The molecule has 1 N–H and O–H groups in total. The molecule has 4 heteroatoms. The Balaban J connectivity index is 2.50. The van der Waals surface area contributed by atoms with Crippen molar-refractivity contribution in [2.24, 2.45) is 5.41 Å². The predicted molar refractivity (Wildman–Crippen MR) is 75.5 cm³/mol. The van der Waals surface area contributed by atoms with Gasteiger partial charge in [0, 0.05) is 5.41 Å². The number of rotatable bonds is 5. The molecule has 0 spiro atoms. The second-order valence-electron chi connectivity index (χ2n) is 5.59. The topological polar surface area (TPSA) is 47.6 Å². The van der Waals surface area contributed by atoms with E-state index in [1.54, 1.807) is 7.11 Å². The number of ether oxygens (including phenoxy) is 2. The summed E-state index contributed by atoms with van der Waals surface area (Å²) in [4.78, 5) is 11.8. The first-order chi connectivity index (χ1) is 8.84. The monoisotopic (exact) mass is 265 g/mol. The highest BCUT2D eigenvalue weighted by Crippen LogP contribution is 2.25. The summed E-state index contributed by atoms with van der Waals surface area (Å²) in [5.41, 5.74) is -0.390. The minimum absolute atomic E-state index is 0.0172. The third-order valence-electron chi connectivity index (χ3n) is 2.62. The summed E-state index contributed by atoms with van der Waals surface area (Å²) in [5, 5.41) is 2.92. The van der Waals surface area contributed by atoms with Gasteiger partial charge in [-0.2, -0.15) is 0 Å². The normalized spacial score (nSPS) is 12.7. The van der Waals surface area contributed by atoms with Crippen LogP contribution in [0.2, 0.25) is 0 Å². The Hall–Kier alpha value is -1.71. The van der Waals surface area contributed by atoms with Crippen LogP contribution in [0.15, 0.2) is 24.3 Å². The van der Waals surface area contributed by atoms with Gasteiger partial charge < -0.3 is 14.8 Å². The largest absolute Gasteiger partial charge is 0.493 e. The van der Waals surface area contributed by atoms with Gasteiger partial charge in [-0.3, -0.25) is 4.79 Å². The van der Waals surface area contributed by atoms with Gasteiger partial charge in [-0.15, -0.1) is 0 Å². The zero-order chi connectivity index (χ0) is 14.5. The van der Waals surface area contributed by atoms with Gasteiger partial charge in [0.1, 0.15) is 6.61 Å². The lowest BCUT2D eigenvalue weighted by Crippen LogP contribution is -2.42. The maximum atomic E-state index is 11.8. The summed E-state index contributed by atoms with van der Waals surface area (Å²) in [6.45, 7) is 7.98. The van der Waals surface area contributed by atoms with Crippen molar-refractivity contribution in [1.29, 1.82) is 0 Å². The second kappa shape index (κ2) is 6.45. The molecular formula is C15H23NO3. The van der Waals surface area contributed by atoms with Crippen LogP contribution in [0.1, 0.15) is 27.7 Å². The third kappa shape index (κ3) is 4.81. The van der Waals surface area contributed by atoms with E-state index in [0.717, 1.165) is 0 Å². The molecule has 1 atom stereocenters. The Bertz CT molecular complexity index is 424. The van der Waals surface area contributed by atoms with E-state index in [4.69, 9.17) is 9.47 Å². The highest BCUT2D eigenvalue weighted by molar-refractivity contribution is 5.81. The average Bonchev–Trinajstić information content (AvgIpc) is 2.35.